The molecule has 1 saturated heterocycles. The molecule has 0 radical (unpaired) electrons. The van der Waals surface area contributed by atoms with Crippen molar-refractivity contribution in [2.24, 2.45) is 7.05 Å². The van der Waals surface area contributed by atoms with Crippen molar-refractivity contribution >= 4 is 35.0 Å². The lowest BCUT2D eigenvalue weighted by atomic mass is 10.1. The fraction of sp³-hybridized carbons (Fsp3) is 0.280. The van der Waals surface area contributed by atoms with Crippen LogP contribution in [0.4, 0.5) is 0 Å². The van der Waals surface area contributed by atoms with Gasteiger partial charge < -0.3 is 54.0 Å². The number of rotatable bonds is 8. The third kappa shape index (κ3) is 9.72. The number of benzene rings is 2. The summed E-state index contributed by atoms with van der Waals surface area (Å²) in [5, 5.41) is 31.5. The maximum atomic E-state index is 8.25. The quantitative estimate of drug-likeness (QED) is 0.137. The summed E-state index contributed by atoms with van der Waals surface area (Å²) < 4.78 is 22.7. The zero-order valence-electron chi connectivity index (χ0n) is 22.6. The van der Waals surface area contributed by atoms with E-state index in [2.05, 4.69) is 9.97 Å². The van der Waals surface area contributed by atoms with E-state index in [-0.39, 0.29) is 6.10 Å². The molecule has 3 heterocycles. The average Bonchev–Trinajstić information content (AvgIpc) is 3.68. The molecule has 0 N–H and O–H groups in total. The minimum Gasteiger partial charge on any atom is -0.491 e. The molecule has 2 unspecified atom stereocenters. The smallest absolute Gasteiger partial charge is 0.215 e. The third-order valence-electron chi connectivity index (χ3n) is 5.73. The molecule has 0 amide bonds. The van der Waals surface area contributed by atoms with Crippen LogP contribution in [-0.2, 0) is 28.9 Å². The molecule has 5 rings (SSSR count). The predicted octanol–water partition coefficient (Wildman–Crippen LogP) is 5.18. The maximum absolute atomic E-state index is 8.25. The fourth-order valence-electron chi connectivity index (χ4n) is 4.09. The van der Waals surface area contributed by atoms with Gasteiger partial charge in [-0.2, -0.15) is 0 Å². The first-order chi connectivity index (χ1) is 20.4. The van der Waals surface area contributed by atoms with Crippen molar-refractivity contribution in [1.82, 2.24) is 19.1 Å². The summed E-state index contributed by atoms with van der Waals surface area (Å²) in [6, 6.07) is 13.2. The zero-order valence-corrected chi connectivity index (χ0v) is 24.9. The summed E-state index contributed by atoms with van der Waals surface area (Å²) in [6.45, 7) is 1.06. The molecule has 0 bridgehead atoms. The summed E-state index contributed by atoms with van der Waals surface area (Å²) >= 11 is 14.3. The van der Waals surface area contributed by atoms with Crippen LogP contribution in [0.3, 0.4) is 0 Å². The minimum atomic E-state index is -1.75. The second kappa shape index (κ2) is 15.4. The summed E-state index contributed by atoms with van der Waals surface area (Å²) in [5.74, 6) is -0.348. The summed E-state index contributed by atoms with van der Waals surface area (Å²) in [6.07, 6.45) is 9.01. The Kier molecular flexibility index (Phi) is 12.0. The number of halogens is 2. The number of hydrogen-bond donors (Lipinski definition) is 0. The van der Waals surface area contributed by atoms with Crippen LogP contribution in [0, 0.1) is 30.6 Å². The van der Waals surface area contributed by atoms with Crippen molar-refractivity contribution in [3.8, 4) is 17.0 Å². The van der Waals surface area contributed by atoms with E-state index in [1.807, 2.05) is 65.2 Å². The van der Waals surface area contributed by atoms with E-state index in [0.717, 1.165) is 22.2 Å². The molecule has 1 aliphatic rings. The second-order valence-corrected chi connectivity index (χ2v) is 10.3. The van der Waals surface area contributed by atoms with Crippen LogP contribution in [0.2, 0.25) is 10.0 Å². The van der Waals surface area contributed by atoms with Crippen LogP contribution < -0.4 is 4.74 Å². The maximum Gasteiger partial charge on any atom is 0.215 e. The van der Waals surface area contributed by atoms with Gasteiger partial charge in [0, 0.05) is 41.8 Å². The first-order valence-electron chi connectivity index (χ1n) is 12.1. The highest BCUT2D eigenvalue weighted by Crippen LogP contribution is 2.40. The molecule has 2 aromatic carbocycles. The van der Waals surface area contributed by atoms with Crippen LogP contribution in [-0.4, -0.2) is 54.8 Å². The SMILES string of the molecule is CSc1nc(-c2cccc(OCC3COC(Cn4ccnc4)(c4ccc(Cl)cc4Cl)O3)c2)cn1C.O=[N+]([O-])[O-].O=[N+]([O-])[O-]. The number of imidazole rings is 2. The van der Waals surface area contributed by atoms with Crippen LogP contribution in [0.15, 0.2) is 72.5 Å². The molecular weight excluding hydrogens is 631 g/mol. The van der Waals surface area contributed by atoms with Crippen LogP contribution >= 0.6 is 35.0 Å². The van der Waals surface area contributed by atoms with E-state index in [1.165, 1.54) is 0 Å². The van der Waals surface area contributed by atoms with Crippen LogP contribution in [0.5, 0.6) is 5.75 Å². The first-order valence-corrected chi connectivity index (χ1v) is 14.1. The van der Waals surface area contributed by atoms with Gasteiger partial charge in [-0.3, -0.25) is 0 Å². The van der Waals surface area contributed by atoms with Crippen molar-refractivity contribution < 1.29 is 24.4 Å². The number of thioether (sulfide) groups is 1. The summed E-state index contributed by atoms with van der Waals surface area (Å²) in [4.78, 5) is 25.3. The molecular formula is C25H24Cl2N6O9S-2. The lowest BCUT2D eigenvalue weighted by Gasteiger charge is -2.30. The second-order valence-electron chi connectivity index (χ2n) is 8.67. The van der Waals surface area contributed by atoms with Crippen LogP contribution in [0.1, 0.15) is 5.56 Å². The number of ether oxygens (including phenoxy) is 3. The van der Waals surface area contributed by atoms with Gasteiger partial charge in [-0.15, -0.1) is 0 Å². The van der Waals surface area contributed by atoms with Crippen molar-refractivity contribution in [2.45, 2.75) is 23.6 Å². The van der Waals surface area contributed by atoms with Gasteiger partial charge in [0.1, 0.15) is 18.5 Å². The average molecular weight is 655 g/mol. The van der Waals surface area contributed by atoms with Gasteiger partial charge >= 0.3 is 0 Å². The van der Waals surface area contributed by atoms with Crippen molar-refractivity contribution in [2.75, 3.05) is 19.5 Å². The Hall–Kier alpha value is -4.09. The highest BCUT2D eigenvalue weighted by Gasteiger charge is 2.45. The molecule has 1 fully saturated rings. The largest absolute Gasteiger partial charge is 0.491 e. The Labute approximate surface area is 258 Å². The Morgan fingerprint density at radius 3 is 2.47 bits per heavy atom. The molecule has 0 spiro atoms. The van der Waals surface area contributed by atoms with Gasteiger partial charge in [0.2, 0.25) is 5.79 Å². The zero-order chi connectivity index (χ0) is 31.6. The van der Waals surface area contributed by atoms with Gasteiger partial charge in [0.15, 0.2) is 5.16 Å². The Balaban J connectivity index is 0.000000566. The Morgan fingerprint density at radius 1 is 1.14 bits per heavy atom. The minimum absolute atomic E-state index is 0.299. The van der Waals surface area contributed by atoms with Crippen molar-refractivity contribution in [3.63, 3.8) is 0 Å². The normalized spacial score (nSPS) is 17.3. The van der Waals surface area contributed by atoms with Crippen LogP contribution in [0.25, 0.3) is 11.3 Å². The molecule has 0 aliphatic carbocycles. The lowest BCUT2D eigenvalue weighted by molar-refractivity contribution is -0.403. The van der Waals surface area contributed by atoms with E-state index in [9.17, 15) is 0 Å². The fourth-order valence-corrected chi connectivity index (χ4v) is 5.17. The number of aryl methyl sites for hydroxylation is 1. The van der Waals surface area contributed by atoms with Crippen molar-refractivity contribution in [1.29, 1.82) is 0 Å². The lowest BCUT2D eigenvalue weighted by Crippen LogP contribution is -2.34. The topological polar surface area (TPSA) is 196 Å². The summed E-state index contributed by atoms with van der Waals surface area (Å²) in [5.41, 5.74) is 2.60. The molecule has 2 atom stereocenters. The highest BCUT2D eigenvalue weighted by atomic mass is 35.5. The summed E-state index contributed by atoms with van der Waals surface area (Å²) in [7, 11) is 1.99. The number of nitrogens with zero attached hydrogens (tertiary/aromatic N) is 6. The standard InChI is InChI=1S/C25H24Cl2N4O3S.2NO3/c1-30-12-23(29-24(30)35-2)17-4-3-5-19(10-17)32-13-20-14-33-25(34-20,15-31-9-8-28-16-31)21-7-6-18(26)11-22(21)27;2*2-1(3)4/h3-12,16,20H,13-15H2,1-2H3;;/q;2*-1. The highest BCUT2D eigenvalue weighted by molar-refractivity contribution is 7.98. The van der Waals surface area contributed by atoms with Gasteiger partial charge in [-0.25, -0.2) is 9.97 Å². The first kappa shape index (κ1) is 33.4. The number of aromatic nitrogens is 4. The van der Waals surface area contributed by atoms with E-state index in [0.29, 0.717) is 35.4 Å². The van der Waals surface area contributed by atoms with Gasteiger partial charge in [-0.05, 0) is 30.5 Å². The van der Waals surface area contributed by atoms with E-state index >= 15 is 0 Å². The monoisotopic (exact) mass is 654 g/mol. The van der Waals surface area contributed by atoms with Crippen molar-refractivity contribution in [3.05, 3.63) is 114 Å². The van der Waals surface area contributed by atoms with E-state index in [4.69, 9.17) is 68.1 Å². The van der Waals surface area contributed by atoms with E-state index in [1.54, 1.807) is 36.4 Å². The molecule has 4 aromatic rings. The van der Waals surface area contributed by atoms with Gasteiger partial charge in [0.05, 0.1) is 40.4 Å². The molecule has 18 heteroatoms. The Bertz CT molecular complexity index is 1500. The molecule has 1 aliphatic heterocycles. The molecule has 2 aromatic heterocycles. The third-order valence-corrected chi connectivity index (χ3v) is 7.03. The number of hydrogen-bond acceptors (Lipinski definition) is 12. The Morgan fingerprint density at radius 2 is 1.86 bits per heavy atom. The van der Waals surface area contributed by atoms with Gasteiger partial charge in [0.25, 0.3) is 0 Å². The predicted molar refractivity (Wildman–Crippen MR) is 158 cm³/mol. The van der Waals surface area contributed by atoms with E-state index < -0.39 is 16.0 Å². The molecule has 0 saturated carbocycles. The molecule has 43 heavy (non-hydrogen) atoms. The molecule has 230 valence electrons. The van der Waals surface area contributed by atoms with Gasteiger partial charge in [-0.1, -0.05) is 53.2 Å². The molecule has 15 nitrogen and oxygen atoms in total.